The van der Waals surface area contributed by atoms with Crippen molar-refractivity contribution in [3.8, 4) is 0 Å². The van der Waals surface area contributed by atoms with E-state index in [2.05, 4.69) is 27.2 Å². The van der Waals surface area contributed by atoms with E-state index in [9.17, 15) is 0 Å². The van der Waals surface area contributed by atoms with E-state index in [1.165, 1.54) is 0 Å². The molecule has 1 atom stereocenters. The van der Waals surface area contributed by atoms with E-state index >= 15 is 0 Å². The normalized spacial score (nSPS) is 12.7. The van der Waals surface area contributed by atoms with Crippen molar-refractivity contribution in [2.24, 2.45) is 7.05 Å². The van der Waals surface area contributed by atoms with Gasteiger partial charge in [-0.25, -0.2) is 15.0 Å². The van der Waals surface area contributed by atoms with Gasteiger partial charge >= 0.3 is 0 Å². The molecular formula is C13H15N5S. The van der Waals surface area contributed by atoms with Gasteiger partial charge in [-0.2, -0.15) is 0 Å². The van der Waals surface area contributed by atoms with E-state index < -0.39 is 0 Å². The zero-order chi connectivity index (χ0) is 13.2. The molecule has 0 radical (unpaired) electrons. The number of fused-ring (bicyclic) bond motifs is 1. The minimum absolute atomic E-state index is 0.362. The van der Waals surface area contributed by atoms with Gasteiger partial charge in [0.05, 0.1) is 16.9 Å². The highest BCUT2D eigenvalue weighted by Crippen LogP contribution is 2.21. The molecule has 0 saturated carbocycles. The summed E-state index contributed by atoms with van der Waals surface area (Å²) in [6.45, 7) is 2.96. The second-order valence-electron chi connectivity index (χ2n) is 4.54. The van der Waals surface area contributed by atoms with Gasteiger partial charge in [-0.3, -0.25) is 0 Å². The molecule has 0 aliphatic carbocycles. The van der Waals surface area contributed by atoms with E-state index in [0.29, 0.717) is 5.92 Å². The molecule has 1 unspecified atom stereocenters. The van der Waals surface area contributed by atoms with Crippen LogP contribution in [0.2, 0.25) is 0 Å². The average molecular weight is 273 g/mol. The van der Waals surface area contributed by atoms with E-state index in [4.69, 9.17) is 0 Å². The predicted molar refractivity (Wildman–Crippen MR) is 77.5 cm³/mol. The minimum Gasteiger partial charge on any atom is -0.368 e. The van der Waals surface area contributed by atoms with Crippen LogP contribution in [-0.2, 0) is 7.05 Å². The lowest BCUT2D eigenvalue weighted by atomic mass is 10.2. The van der Waals surface area contributed by atoms with Crippen LogP contribution in [0.1, 0.15) is 17.8 Å². The number of aromatic nitrogens is 4. The highest BCUT2D eigenvalue weighted by Gasteiger charge is 2.11. The van der Waals surface area contributed by atoms with Crippen molar-refractivity contribution in [3.63, 3.8) is 0 Å². The first kappa shape index (κ1) is 12.1. The molecule has 3 rings (SSSR count). The van der Waals surface area contributed by atoms with Gasteiger partial charge in [-0.05, 0) is 6.07 Å². The fraction of sp³-hybridized carbons (Fsp3) is 0.308. The molecule has 0 aliphatic rings. The third kappa shape index (κ3) is 2.31. The lowest BCUT2D eigenvalue weighted by molar-refractivity contribution is 0.792. The third-order valence-electron chi connectivity index (χ3n) is 3.09. The summed E-state index contributed by atoms with van der Waals surface area (Å²) in [5.41, 5.74) is 2.00. The number of pyridine rings is 1. The van der Waals surface area contributed by atoms with Gasteiger partial charge in [0.25, 0.3) is 0 Å². The van der Waals surface area contributed by atoms with Crippen molar-refractivity contribution in [3.05, 3.63) is 35.2 Å². The molecule has 6 heteroatoms. The molecule has 0 amide bonds. The van der Waals surface area contributed by atoms with Crippen LogP contribution in [0.25, 0.3) is 11.0 Å². The van der Waals surface area contributed by atoms with Crippen LogP contribution >= 0.6 is 11.3 Å². The number of thiazole rings is 1. The van der Waals surface area contributed by atoms with E-state index in [-0.39, 0.29) is 0 Å². The molecule has 3 aromatic heterocycles. The zero-order valence-corrected chi connectivity index (χ0v) is 11.7. The molecule has 5 nitrogen and oxygen atoms in total. The van der Waals surface area contributed by atoms with Crippen molar-refractivity contribution in [1.82, 2.24) is 19.5 Å². The minimum atomic E-state index is 0.362. The second-order valence-corrected chi connectivity index (χ2v) is 5.46. The Balaban J connectivity index is 1.79. The monoisotopic (exact) mass is 273 g/mol. The number of hydrogen-bond acceptors (Lipinski definition) is 5. The standard InChI is InChI=1S/C13H15N5S/c1-9(13-15-5-6-19-13)7-16-12-11-10(3-4-14-12)18(2)8-17-11/h3-6,8-9H,7H2,1-2H3,(H,14,16). The summed E-state index contributed by atoms with van der Waals surface area (Å²) < 4.78 is 1.99. The first-order valence-corrected chi connectivity index (χ1v) is 7.03. The molecular weight excluding hydrogens is 258 g/mol. The summed E-state index contributed by atoms with van der Waals surface area (Å²) in [6.07, 6.45) is 5.45. The number of aryl methyl sites for hydroxylation is 1. The van der Waals surface area contributed by atoms with Gasteiger partial charge in [0, 0.05) is 37.3 Å². The third-order valence-corrected chi connectivity index (χ3v) is 4.10. The maximum Gasteiger partial charge on any atom is 0.154 e. The molecule has 0 saturated heterocycles. The van der Waals surface area contributed by atoms with Crippen molar-refractivity contribution in [2.45, 2.75) is 12.8 Å². The summed E-state index contributed by atoms with van der Waals surface area (Å²) in [7, 11) is 1.98. The first-order chi connectivity index (χ1) is 9.25. The quantitative estimate of drug-likeness (QED) is 0.794. The van der Waals surface area contributed by atoms with Crippen LogP contribution in [0.15, 0.2) is 30.2 Å². The topological polar surface area (TPSA) is 55.6 Å². The van der Waals surface area contributed by atoms with Crippen LogP contribution in [0.5, 0.6) is 0 Å². The predicted octanol–water partition coefficient (Wildman–Crippen LogP) is 2.64. The average Bonchev–Trinajstić information content (AvgIpc) is 3.07. The Hall–Kier alpha value is -1.95. The van der Waals surface area contributed by atoms with Gasteiger partial charge in [0.1, 0.15) is 5.52 Å². The van der Waals surface area contributed by atoms with Gasteiger partial charge in [-0.1, -0.05) is 6.92 Å². The molecule has 3 aromatic rings. The largest absolute Gasteiger partial charge is 0.368 e. The van der Waals surface area contributed by atoms with Gasteiger partial charge in [0.2, 0.25) is 0 Å². The van der Waals surface area contributed by atoms with Crippen LogP contribution in [-0.4, -0.2) is 26.1 Å². The number of nitrogens with zero attached hydrogens (tertiary/aromatic N) is 4. The Bertz CT molecular complexity index is 673. The molecule has 0 fully saturated rings. The van der Waals surface area contributed by atoms with Crippen molar-refractivity contribution in [1.29, 1.82) is 0 Å². The van der Waals surface area contributed by atoms with E-state index in [1.807, 2.05) is 35.6 Å². The highest BCUT2D eigenvalue weighted by molar-refractivity contribution is 7.09. The van der Waals surface area contributed by atoms with E-state index in [1.54, 1.807) is 17.5 Å². The molecule has 0 aliphatic heterocycles. The van der Waals surface area contributed by atoms with Crippen LogP contribution in [0.3, 0.4) is 0 Å². The number of hydrogen-bond donors (Lipinski definition) is 1. The molecule has 1 N–H and O–H groups in total. The van der Waals surface area contributed by atoms with Crippen LogP contribution in [0.4, 0.5) is 5.82 Å². The first-order valence-electron chi connectivity index (χ1n) is 6.15. The SMILES string of the molecule is CC(CNc1nccc2c1ncn2C)c1nccs1. The number of anilines is 1. The van der Waals surface area contributed by atoms with Gasteiger partial charge in [-0.15, -0.1) is 11.3 Å². The molecule has 0 spiro atoms. The Morgan fingerprint density at radius 1 is 1.32 bits per heavy atom. The zero-order valence-electron chi connectivity index (χ0n) is 10.9. The molecule has 98 valence electrons. The van der Waals surface area contributed by atoms with Crippen molar-refractivity contribution in [2.75, 3.05) is 11.9 Å². The number of nitrogens with one attached hydrogen (secondary N) is 1. The Morgan fingerprint density at radius 3 is 3.00 bits per heavy atom. The Kier molecular flexibility index (Phi) is 3.16. The van der Waals surface area contributed by atoms with Crippen LogP contribution in [0, 0.1) is 0 Å². The summed E-state index contributed by atoms with van der Waals surface area (Å²) in [5.74, 6) is 1.20. The van der Waals surface area contributed by atoms with Gasteiger partial charge in [0.15, 0.2) is 5.82 Å². The molecule has 0 aromatic carbocycles. The lowest BCUT2D eigenvalue weighted by Gasteiger charge is -2.10. The maximum absolute atomic E-state index is 4.38. The second kappa shape index (κ2) is 4.97. The molecule has 0 bridgehead atoms. The maximum atomic E-state index is 4.38. The molecule has 19 heavy (non-hydrogen) atoms. The number of rotatable bonds is 4. The smallest absolute Gasteiger partial charge is 0.154 e. The van der Waals surface area contributed by atoms with Crippen molar-refractivity contribution < 1.29 is 0 Å². The fourth-order valence-electron chi connectivity index (χ4n) is 2.01. The van der Waals surface area contributed by atoms with Crippen molar-refractivity contribution >= 4 is 28.2 Å². The van der Waals surface area contributed by atoms with Gasteiger partial charge < -0.3 is 9.88 Å². The summed E-state index contributed by atoms with van der Waals surface area (Å²) in [6, 6.07) is 1.97. The highest BCUT2D eigenvalue weighted by atomic mass is 32.1. The fourth-order valence-corrected chi connectivity index (χ4v) is 2.71. The van der Waals surface area contributed by atoms with E-state index in [0.717, 1.165) is 28.4 Å². The summed E-state index contributed by atoms with van der Waals surface area (Å²) in [5, 5.41) is 6.51. The molecule has 3 heterocycles. The van der Waals surface area contributed by atoms with Crippen LogP contribution < -0.4 is 5.32 Å². The summed E-state index contributed by atoms with van der Waals surface area (Å²) in [4.78, 5) is 13.1. The summed E-state index contributed by atoms with van der Waals surface area (Å²) >= 11 is 1.68. The number of imidazole rings is 1. The lowest BCUT2D eigenvalue weighted by Crippen LogP contribution is -2.11. The Morgan fingerprint density at radius 2 is 2.21 bits per heavy atom. The Labute approximate surface area is 115 Å².